The Kier molecular flexibility index (Phi) is 6.72. The Morgan fingerprint density at radius 2 is 1.65 bits per heavy atom. The molecule has 1 heterocycles. The van der Waals surface area contributed by atoms with Crippen LogP contribution in [0.25, 0.3) is 11.3 Å². The van der Waals surface area contributed by atoms with Crippen molar-refractivity contribution in [3.63, 3.8) is 0 Å². The third kappa shape index (κ3) is 4.85. The van der Waals surface area contributed by atoms with E-state index in [2.05, 4.69) is 21.2 Å². The summed E-state index contributed by atoms with van der Waals surface area (Å²) in [6.45, 7) is 1.38. The zero-order chi connectivity index (χ0) is 15.4. The molecule has 1 N–H and O–H groups in total. The lowest BCUT2D eigenvalue weighted by molar-refractivity contribution is 0.493. The number of furan rings is 1. The highest BCUT2D eigenvalue weighted by molar-refractivity contribution is 9.10. The Labute approximate surface area is 155 Å². The second-order valence-corrected chi connectivity index (χ2v) is 6.29. The van der Waals surface area contributed by atoms with Crippen LogP contribution in [0.1, 0.15) is 11.3 Å². The highest BCUT2D eigenvalue weighted by atomic mass is 79.9. The standard InChI is InChI=1S/C18H15BrClNO.ClH/c19-15-7-5-13(6-8-15)18-10-9-16(22-18)12-21-11-14-3-1-2-4-17(14)20;/h1-10,21H,11-12H2;1H. The van der Waals surface area contributed by atoms with Gasteiger partial charge in [0.1, 0.15) is 11.5 Å². The van der Waals surface area contributed by atoms with E-state index in [1.54, 1.807) is 0 Å². The second-order valence-electron chi connectivity index (χ2n) is 4.97. The highest BCUT2D eigenvalue weighted by Crippen LogP contribution is 2.24. The van der Waals surface area contributed by atoms with Crippen molar-refractivity contribution in [1.82, 2.24) is 5.32 Å². The largest absolute Gasteiger partial charge is 0.460 e. The molecule has 23 heavy (non-hydrogen) atoms. The van der Waals surface area contributed by atoms with E-state index in [1.807, 2.05) is 60.7 Å². The molecule has 3 rings (SSSR count). The third-order valence-corrected chi connectivity index (χ3v) is 4.26. The number of halogens is 3. The monoisotopic (exact) mass is 411 g/mol. The van der Waals surface area contributed by atoms with E-state index in [0.29, 0.717) is 13.1 Å². The molecule has 2 aromatic carbocycles. The molecule has 0 spiro atoms. The molecule has 0 saturated carbocycles. The van der Waals surface area contributed by atoms with E-state index in [9.17, 15) is 0 Å². The molecule has 0 atom stereocenters. The van der Waals surface area contributed by atoms with Crippen LogP contribution >= 0.6 is 39.9 Å². The van der Waals surface area contributed by atoms with E-state index in [0.717, 1.165) is 32.1 Å². The number of nitrogens with one attached hydrogen (secondary N) is 1. The lowest BCUT2D eigenvalue weighted by Gasteiger charge is -2.05. The molecular formula is C18H16BrCl2NO. The average Bonchev–Trinajstić information content (AvgIpc) is 2.99. The maximum Gasteiger partial charge on any atom is 0.134 e. The van der Waals surface area contributed by atoms with E-state index in [1.165, 1.54) is 0 Å². The van der Waals surface area contributed by atoms with Gasteiger partial charge in [-0.2, -0.15) is 0 Å². The van der Waals surface area contributed by atoms with Gasteiger partial charge in [0.05, 0.1) is 6.54 Å². The van der Waals surface area contributed by atoms with Gasteiger partial charge in [-0.15, -0.1) is 12.4 Å². The smallest absolute Gasteiger partial charge is 0.134 e. The molecule has 0 aliphatic heterocycles. The molecule has 0 aliphatic rings. The van der Waals surface area contributed by atoms with Gasteiger partial charge in [0.25, 0.3) is 0 Å². The summed E-state index contributed by atoms with van der Waals surface area (Å²) in [5.41, 5.74) is 2.16. The third-order valence-electron chi connectivity index (χ3n) is 3.36. The molecule has 120 valence electrons. The minimum Gasteiger partial charge on any atom is -0.460 e. The summed E-state index contributed by atoms with van der Waals surface area (Å²) < 4.78 is 6.93. The van der Waals surface area contributed by atoms with Crippen LogP contribution < -0.4 is 5.32 Å². The van der Waals surface area contributed by atoms with Crippen LogP contribution in [0.15, 0.2) is 69.6 Å². The van der Waals surface area contributed by atoms with Gasteiger partial charge in [-0.3, -0.25) is 0 Å². The first-order valence-corrected chi connectivity index (χ1v) is 8.18. The number of benzene rings is 2. The van der Waals surface area contributed by atoms with Crippen molar-refractivity contribution in [3.8, 4) is 11.3 Å². The van der Waals surface area contributed by atoms with Crippen LogP contribution in [0.4, 0.5) is 0 Å². The first-order valence-electron chi connectivity index (χ1n) is 7.01. The van der Waals surface area contributed by atoms with Crippen molar-refractivity contribution >= 4 is 39.9 Å². The fourth-order valence-corrected chi connectivity index (χ4v) is 2.67. The van der Waals surface area contributed by atoms with Gasteiger partial charge in [-0.1, -0.05) is 57.9 Å². The number of hydrogen-bond donors (Lipinski definition) is 1. The lowest BCUT2D eigenvalue weighted by Crippen LogP contribution is -2.12. The summed E-state index contributed by atoms with van der Waals surface area (Å²) >= 11 is 9.57. The summed E-state index contributed by atoms with van der Waals surface area (Å²) in [4.78, 5) is 0. The first kappa shape index (κ1) is 18.1. The Balaban J connectivity index is 0.00000192. The topological polar surface area (TPSA) is 25.2 Å². The zero-order valence-corrected chi connectivity index (χ0v) is 15.4. The van der Waals surface area contributed by atoms with Gasteiger partial charge in [0, 0.05) is 21.6 Å². The molecule has 0 fully saturated rings. The molecule has 0 radical (unpaired) electrons. The fourth-order valence-electron chi connectivity index (χ4n) is 2.20. The minimum atomic E-state index is 0. The van der Waals surface area contributed by atoms with Gasteiger partial charge in [-0.25, -0.2) is 0 Å². The maximum absolute atomic E-state index is 6.14. The Hall–Kier alpha value is -1.26. The van der Waals surface area contributed by atoms with Crippen LogP contribution in [-0.4, -0.2) is 0 Å². The van der Waals surface area contributed by atoms with Crippen molar-refractivity contribution in [2.24, 2.45) is 0 Å². The normalized spacial score (nSPS) is 10.3. The Morgan fingerprint density at radius 3 is 2.39 bits per heavy atom. The molecule has 1 aromatic heterocycles. The summed E-state index contributed by atoms with van der Waals surface area (Å²) in [5.74, 6) is 1.78. The predicted octanol–water partition coefficient (Wildman–Crippen LogP) is 6.07. The van der Waals surface area contributed by atoms with Gasteiger partial charge in [0.2, 0.25) is 0 Å². The minimum absolute atomic E-state index is 0. The average molecular weight is 413 g/mol. The van der Waals surface area contributed by atoms with E-state index in [4.69, 9.17) is 16.0 Å². The fraction of sp³-hybridized carbons (Fsp3) is 0.111. The quantitative estimate of drug-likeness (QED) is 0.549. The molecule has 3 aromatic rings. The van der Waals surface area contributed by atoms with Crippen molar-refractivity contribution in [3.05, 3.63) is 81.5 Å². The van der Waals surface area contributed by atoms with Crippen LogP contribution in [0, 0.1) is 0 Å². The maximum atomic E-state index is 6.14. The van der Waals surface area contributed by atoms with Crippen LogP contribution in [-0.2, 0) is 13.1 Å². The molecular weight excluding hydrogens is 397 g/mol. The summed E-state index contributed by atoms with van der Waals surface area (Å²) in [6.07, 6.45) is 0. The number of rotatable bonds is 5. The van der Waals surface area contributed by atoms with Crippen molar-refractivity contribution in [2.75, 3.05) is 0 Å². The zero-order valence-electron chi connectivity index (χ0n) is 12.3. The van der Waals surface area contributed by atoms with Crippen molar-refractivity contribution < 1.29 is 4.42 Å². The molecule has 2 nitrogen and oxygen atoms in total. The van der Waals surface area contributed by atoms with Crippen LogP contribution in [0.5, 0.6) is 0 Å². The molecule has 0 bridgehead atoms. The second kappa shape index (κ2) is 8.55. The lowest BCUT2D eigenvalue weighted by atomic mass is 10.2. The summed E-state index contributed by atoms with van der Waals surface area (Å²) in [5, 5.41) is 4.13. The Bertz CT molecular complexity index is 756. The molecule has 0 amide bonds. The van der Waals surface area contributed by atoms with Crippen molar-refractivity contribution in [1.29, 1.82) is 0 Å². The summed E-state index contributed by atoms with van der Waals surface area (Å²) in [6, 6.07) is 19.9. The highest BCUT2D eigenvalue weighted by Gasteiger charge is 2.05. The number of hydrogen-bond acceptors (Lipinski definition) is 2. The molecule has 0 aliphatic carbocycles. The van der Waals surface area contributed by atoms with E-state index >= 15 is 0 Å². The summed E-state index contributed by atoms with van der Waals surface area (Å²) in [7, 11) is 0. The van der Waals surface area contributed by atoms with Gasteiger partial charge < -0.3 is 9.73 Å². The SMILES string of the molecule is Cl.Clc1ccccc1CNCc1ccc(-c2ccc(Br)cc2)o1. The first-order chi connectivity index (χ1) is 10.7. The van der Waals surface area contributed by atoms with Gasteiger partial charge in [-0.05, 0) is 35.9 Å². The van der Waals surface area contributed by atoms with E-state index < -0.39 is 0 Å². The molecule has 0 unspecified atom stereocenters. The van der Waals surface area contributed by atoms with E-state index in [-0.39, 0.29) is 12.4 Å². The van der Waals surface area contributed by atoms with Gasteiger partial charge >= 0.3 is 0 Å². The predicted molar refractivity (Wildman–Crippen MR) is 101 cm³/mol. The van der Waals surface area contributed by atoms with Crippen LogP contribution in [0.3, 0.4) is 0 Å². The Morgan fingerprint density at radius 1 is 0.913 bits per heavy atom. The molecule has 0 saturated heterocycles. The van der Waals surface area contributed by atoms with Crippen molar-refractivity contribution in [2.45, 2.75) is 13.1 Å². The van der Waals surface area contributed by atoms with Crippen LogP contribution in [0.2, 0.25) is 5.02 Å². The van der Waals surface area contributed by atoms with Gasteiger partial charge in [0.15, 0.2) is 0 Å². The molecule has 5 heteroatoms.